The molecule has 0 radical (unpaired) electrons. The zero-order chi connectivity index (χ0) is 15.7. The Morgan fingerprint density at radius 3 is 2.24 bits per heavy atom. The molecule has 0 aliphatic heterocycles. The van der Waals surface area contributed by atoms with Gasteiger partial charge in [-0.2, -0.15) is 4.31 Å². The van der Waals surface area contributed by atoms with E-state index in [1.54, 1.807) is 11.4 Å². The Morgan fingerprint density at radius 1 is 1.19 bits per heavy atom. The van der Waals surface area contributed by atoms with E-state index in [1.165, 1.54) is 15.6 Å². The van der Waals surface area contributed by atoms with E-state index in [0.717, 1.165) is 0 Å². The molecule has 1 heterocycles. The lowest BCUT2D eigenvalue weighted by molar-refractivity contribution is 0.110. The van der Waals surface area contributed by atoms with E-state index in [1.807, 2.05) is 13.8 Å². The highest BCUT2D eigenvalue weighted by atomic mass is 32.2. The third-order valence-electron chi connectivity index (χ3n) is 2.89. The van der Waals surface area contributed by atoms with Gasteiger partial charge in [-0.25, -0.2) is 8.42 Å². The zero-order valence-electron chi connectivity index (χ0n) is 12.6. The average Bonchev–Trinajstić information content (AvgIpc) is 2.95. The summed E-state index contributed by atoms with van der Waals surface area (Å²) in [7, 11) is -3.56. The van der Waals surface area contributed by atoms with Crippen LogP contribution in [0.5, 0.6) is 0 Å². The lowest BCUT2D eigenvalue weighted by atomic mass is 10.5. The summed E-state index contributed by atoms with van der Waals surface area (Å²) < 4.78 is 37.4. The predicted molar refractivity (Wildman–Crippen MR) is 84.0 cm³/mol. The van der Waals surface area contributed by atoms with E-state index < -0.39 is 10.0 Å². The van der Waals surface area contributed by atoms with Crippen LogP contribution in [0.25, 0.3) is 0 Å². The highest BCUT2D eigenvalue weighted by molar-refractivity contribution is 7.89. The molecule has 1 rings (SSSR count). The topological polar surface area (TPSA) is 81.9 Å². The second kappa shape index (κ2) is 9.50. The first-order chi connectivity index (χ1) is 10.1. The van der Waals surface area contributed by atoms with Crippen LogP contribution in [-0.4, -0.2) is 52.2 Å². The molecule has 0 aliphatic rings. The van der Waals surface area contributed by atoms with Gasteiger partial charge in [-0.3, -0.25) is 0 Å². The normalized spacial score (nSPS) is 12.2. The summed E-state index contributed by atoms with van der Waals surface area (Å²) in [6.07, 6.45) is 0. The van der Waals surface area contributed by atoms with Gasteiger partial charge in [0.1, 0.15) is 0 Å². The van der Waals surface area contributed by atoms with E-state index in [0.29, 0.717) is 49.3 Å². The monoisotopic (exact) mass is 336 g/mol. The smallest absolute Gasteiger partial charge is 0.244 e. The molecule has 0 amide bonds. The molecule has 1 aromatic heterocycles. The SMILES string of the molecule is CCOCCN(CCOCC)S(=O)(=O)c1ccsc1CN. The lowest BCUT2D eigenvalue weighted by Crippen LogP contribution is -2.37. The van der Waals surface area contributed by atoms with Gasteiger partial charge >= 0.3 is 0 Å². The van der Waals surface area contributed by atoms with Gasteiger partial charge in [0.25, 0.3) is 0 Å². The fraction of sp³-hybridized carbons (Fsp3) is 0.692. The minimum atomic E-state index is -3.56. The number of rotatable bonds is 11. The third-order valence-corrected chi connectivity index (χ3v) is 5.94. The molecule has 0 saturated carbocycles. The van der Waals surface area contributed by atoms with Gasteiger partial charge in [0.2, 0.25) is 10.0 Å². The Kier molecular flexibility index (Phi) is 8.38. The van der Waals surface area contributed by atoms with Crippen LogP contribution >= 0.6 is 11.3 Å². The van der Waals surface area contributed by atoms with Crippen molar-refractivity contribution in [3.63, 3.8) is 0 Å². The average molecular weight is 336 g/mol. The molecular weight excluding hydrogens is 312 g/mol. The number of ether oxygens (including phenoxy) is 2. The van der Waals surface area contributed by atoms with E-state index in [4.69, 9.17) is 15.2 Å². The number of nitrogens with two attached hydrogens (primary N) is 1. The maximum absolute atomic E-state index is 12.7. The summed E-state index contributed by atoms with van der Waals surface area (Å²) in [4.78, 5) is 0.968. The van der Waals surface area contributed by atoms with Gasteiger partial charge in [0.15, 0.2) is 0 Å². The number of hydrogen-bond acceptors (Lipinski definition) is 6. The Morgan fingerprint density at radius 2 is 1.76 bits per heavy atom. The first-order valence-electron chi connectivity index (χ1n) is 7.00. The molecule has 0 atom stereocenters. The van der Waals surface area contributed by atoms with Crippen LogP contribution < -0.4 is 5.73 Å². The lowest BCUT2D eigenvalue weighted by Gasteiger charge is -2.22. The summed E-state index contributed by atoms with van der Waals surface area (Å²) in [5.41, 5.74) is 5.61. The molecule has 0 unspecified atom stereocenters. The molecule has 0 aromatic carbocycles. The standard InChI is InChI=1S/C13H24N2O4S2/c1-3-18-8-6-15(7-9-19-4-2)21(16,17)13-5-10-20-12(13)11-14/h5,10H,3-4,6-9,11,14H2,1-2H3. The Balaban J connectivity index is 2.87. The molecule has 1 aromatic rings. The van der Waals surface area contributed by atoms with Crippen LogP contribution in [0.4, 0.5) is 0 Å². The Hall–Kier alpha value is -0.510. The Bertz CT molecular complexity index is 492. The summed E-state index contributed by atoms with van der Waals surface area (Å²) in [5, 5.41) is 1.75. The number of nitrogens with zero attached hydrogens (tertiary/aromatic N) is 1. The van der Waals surface area contributed by atoms with Crippen molar-refractivity contribution in [3.05, 3.63) is 16.3 Å². The fourth-order valence-corrected chi connectivity index (χ4v) is 4.53. The van der Waals surface area contributed by atoms with E-state index in [9.17, 15) is 8.42 Å². The van der Waals surface area contributed by atoms with Gasteiger partial charge in [0.05, 0.1) is 18.1 Å². The van der Waals surface area contributed by atoms with Crippen LogP contribution in [0.15, 0.2) is 16.3 Å². The first-order valence-corrected chi connectivity index (χ1v) is 9.31. The third kappa shape index (κ3) is 5.32. The highest BCUT2D eigenvalue weighted by Crippen LogP contribution is 2.24. The molecule has 0 aliphatic carbocycles. The van der Waals surface area contributed by atoms with Crippen molar-refractivity contribution in [1.82, 2.24) is 4.31 Å². The van der Waals surface area contributed by atoms with Gasteiger partial charge < -0.3 is 15.2 Å². The number of hydrogen-bond donors (Lipinski definition) is 1. The minimum absolute atomic E-state index is 0.219. The first kappa shape index (κ1) is 18.5. The molecule has 0 bridgehead atoms. The zero-order valence-corrected chi connectivity index (χ0v) is 14.2. The summed E-state index contributed by atoms with van der Waals surface area (Å²) in [5.74, 6) is 0. The second-order valence-electron chi connectivity index (χ2n) is 4.21. The highest BCUT2D eigenvalue weighted by Gasteiger charge is 2.27. The van der Waals surface area contributed by atoms with Crippen LogP contribution in [0.2, 0.25) is 0 Å². The van der Waals surface area contributed by atoms with Crippen molar-refractivity contribution in [2.24, 2.45) is 5.73 Å². The van der Waals surface area contributed by atoms with Crippen LogP contribution in [0.3, 0.4) is 0 Å². The van der Waals surface area contributed by atoms with Crippen molar-refractivity contribution in [2.45, 2.75) is 25.3 Å². The van der Waals surface area contributed by atoms with Crippen molar-refractivity contribution in [3.8, 4) is 0 Å². The Labute approximate surface area is 130 Å². The molecule has 8 heteroatoms. The molecule has 122 valence electrons. The molecule has 0 spiro atoms. The fourth-order valence-electron chi connectivity index (χ4n) is 1.82. The minimum Gasteiger partial charge on any atom is -0.380 e. The van der Waals surface area contributed by atoms with Gasteiger partial charge in [-0.05, 0) is 25.3 Å². The van der Waals surface area contributed by atoms with Gasteiger partial charge in [-0.15, -0.1) is 11.3 Å². The summed E-state index contributed by atoms with van der Waals surface area (Å²) in [6.45, 7) is 6.45. The quantitative estimate of drug-likeness (QED) is 0.615. The van der Waals surface area contributed by atoms with Crippen molar-refractivity contribution in [1.29, 1.82) is 0 Å². The second-order valence-corrected chi connectivity index (χ2v) is 7.12. The largest absolute Gasteiger partial charge is 0.380 e. The summed E-state index contributed by atoms with van der Waals surface area (Å²) in [6, 6.07) is 1.61. The molecule has 2 N–H and O–H groups in total. The van der Waals surface area contributed by atoms with Crippen LogP contribution in [-0.2, 0) is 26.0 Å². The van der Waals surface area contributed by atoms with Crippen LogP contribution in [0, 0.1) is 0 Å². The molecule has 0 fully saturated rings. The summed E-state index contributed by atoms with van der Waals surface area (Å²) >= 11 is 1.36. The van der Waals surface area contributed by atoms with Crippen LogP contribution in [0.1, 0.15) is 18.7 Å². The van der Waals surface area contributed by atoms with Gasteiger partial charge in [-0.1, -0.05) is 0 Å². The van der Waals surface area contributed by atoms with E-state index >= 15 is 0 Å². The van der Waals surface area contributed by atoms with Crippen molar-refractivity contribution < 1.29 is 17.9 Å². The maximum Gasteiger partial charge on any atom is 0.244 e. The predicted octanol–water partition coefficient (Wildman–Crippen LogP) is 1.27. The van der Waals surface area contributed by atoms with E-state index in [-0.39, 0.29) is 6.54 Å². The maximum atomic E-state index is 12.7. The molecule has 0 saturated heterocycles. The number of thiophene rings is 1. The van der Waals surface area contributed by atoms with Gasteiger partial charge in [0, 0.05) is 37.7 Å². The van der Waals surface area contributed by atoms with Crippen molar-refractivity contribution >= 4 is 21.4 Å². The van der Waals surface area contributed by atoms with Crippen molar-refractivity contribution in [2.75, 3.05) is 39.5 Å². The molecule has 6 nitrogen and oxygen atoms in total. The number of sulfonamides is 1. The van der Waals surface area contributed by atoms with E-state index in [2.05, 4.69) is 0 Å². The molecule has 21 heavy (non-hydrogen) atoms. The molecular formula is C13H24N2O4S2.